The highest BCUT2D eigenvalue weighted by Gasteiger charge is 2.18. The molecule has 0 atom stereocenters. The van der Waals surface area contributed by atoms with Crippen molar-refractivity contribution in [2.75, 3.05) is 0 Å². The maximum Gasteiger partial charge on any atom is 0.256 e. The van der Waals surface area contributed by atoms with Crippen molar-refractivity contribution in [3.63, 3.8) is 0 Å². The van der Waals surface area contributed by atoms with Crippen molar-refractivity contribution >= 4 is 11.8 Å². The topological polar surface area (TPSA) is 26.0 Å². The molecule has 0 amide bonds. The zero-order valence-corrected chi connectivity index (χ0v) is 8.06. The van der Waals surface area contributed by atoms with E-state index in [9.17, 15) is 0 Å². The number of rotatable bonds is 2. The molecule has 1 aliphatic carbocycles. The predicted molar refractivity (Wildman–Crippen MR) is 49.4 cm³/mol. The van der Waals surface area contributed by atoms with Gasteiger partial charge in [0.2, 0.25) is 0 Å². The minimum Gasteiger partial charge on any atom is -0.440 e. The van der Waals surface area contributed by atoms with Crippen LogP contribution in [-0.4, -0.2) is 10.2 Å². The van der Waals surface area contributed by atoms with Crippen LogP contribution in [0.3, 0.4) is 0 Å². The number of oxazole rings is 1. The van der Waals surface area contributed by atoms with Gasteiger partial charge in [0.15, 0.2) is 0 Å². The van der Waals surface area contributed by atoms with Crippen molar-refractivity contribution in [2.24, 2.45) is 0 Å². The minimum atomic E-state index is 0.753. The van der Waals surface area contributed by atoms with E-state index in [1.54, 1.807) is 18.0 Å². The van der Waals surface area contributed by atoms with Crippen molar-refractivity contribution < 1.29 is 4.42 Å². The van der Waals surface area contributed by atoms with Crippen LogP contribution in [0.5, 0.6) is 0 Å². The first-order chi connectivity index (χ1) is 5.84. The first kappa shape index (κ1) is 8.17. The highest BCUT2D eigenvalue weighted by Crippen LogP contribution is 2.33. The van der Waals surface area contributed by atoms with Crippen molar-refractivity contribution in [1.82, 2.24) is 4.98 Å². The Kier molecular flexibility index (Phi) is 2.40. The summed E-state index contributed by atoms with van der Waals surface area (Å²) in [6, 6.07) is 0. The number of aromatic nitrogens is 1. The Morgan fingerprint density at radius 1 is 1.50 bits per heavy atom. The van der Waals surface area contributed by atoms with Gasteiger partial charge in [-0.2, -0.15) is 0 Å². The van der Waals surface area contributed by atoms with E-state index < -0.39 is 0 Å². The van der Waals surface area contributed by atoms with E-state index in [0.717, 1.165) is 16.2 Å². The van der Waals surface area contributed by atoms with Crippen LogP contribution in [0.25, 0.3) is 0 Å². The molecule has 1 fully saturated rings. The van der Waals surface area contributed by atoms with Crippen LogP contribution in [-0.2, 0) is 0 Å². The molecule has 0 unspecified atom stereocenters. The molecule has 66 valence electrons. The fraction of sp³-hybridized carbons (Fsp3) is 0.667. The zero-order valence-electron chi connectivity index (χ0n) is 7.25. The average molecular weight is 183 g/mol. The third kappa shape index (κ3) is 1.83. The number of nitrogens with zero attached hydrogens (tertiary/aromatic N) is 1. The van der Waals surface area contributed by atoms with E-state index >= 15 is 0 Å². The predicted octanol–water partition coefficient (Wildman–Crippen LogP) is 3.02. The standard InChI is InChI=1S/C9H13NOS/c1-7-6-11-9(10-7)12-8-4-2-3-5-8/h6,8H,2-5H2,1H3. The van der Waals surface area contributed by atoms with Gasteiger partial charge in [0, 0.05) is 5.25 Å². The van der Waals surface area contributed by atoms with Gasteiger partial charge in [0.1, 0.15) is 6.26 Å². The molecule has 0 radical (unpaired) electrons. The Bertz CT molecular complexity index is 253. The molecule has 0 N–H and O–H groups in total. The van der Waals surface area contributed by atoms with E-state index in [4.69, 9.17) is 4.42 Å². The van der Waals surface area contributed by atoms with Gasteiger partial charge in [-0.1, -0.05) is 24.6 Å². The van der Waals surface area contributed by atoms with Crippen LogP contribution in [0.1, 0.15) is 31.4 Å². The lowest BCUT2D eigenvalue weighted by Crippen LogP contribution is -1.92. The zero-order chi connectivity index (χ0) is 8.39. The third-order valence-corrected chi connectivity index (χ3v) is 3.36. The average Bonchev–Trinajstić information content (AvgIpc) is 2.63. The summed E-state index contributed by atoms with van der Waals surface area (Å²) in [7, 11) is 0. The Morgan fingerprint density at radius 2 is 2.25 bits per heavy atom. The fourth-order valence-electron chi connectivity index (χ4n) is 1.54. The second-order valence-corrected chi connectivity index (χ2v) is 4.53. The molecular weight excluding hydrogens is 170 g/mol. The van der Waals surface area contributed by atoms with Crippen molar-refractivity contribution in [2.45, 2.75) is 43.1 Å². The third-order valence-electron chi connectivity index (χ3n) is 2.17. The molecule has 2 rings (SSSR count). The summed E-state index contributed by atoms with van der Waals surface area (Å²) in [6.45, 7) is 1.96. The molecule has 0 aliphatic heterocycles. The molecule has 3 heteroatoms. The van der Waals surface area contributed by atoms with Crippen molar-refractivity contribution in [3.05, 3.63) is 12.0 Å². The summed E-state index contributed by atoms with van der Waals surface area (Å²) in [5.41, 5.74) is 0.982. The van der Waals surface area contributed by atoms with Crippen LogP contribution in [0, 0.1) is 6.92 Å². The van der Waals surface area contributed by atoms with E-state index in [1.807, 2.05) is 6.92 Å². The molecule has 0 bridgehead atoms. The maximum absolute atomic E-state index is 5.28. The summed E-state index contributed by atoms with van der Waals surface area (Å²) >= 11 is 1.79. The largest absolute Gasteiger partial charge is 0.440 e. The molecular formula is C9H13NOS. The van der Waals surface area contributed by atoms with Crippen LogP contribution in [0.2, 0.25) is 0 Å². The fourth-order valence-corrected chi connectivity index (χ4v) is 2.69. The SMILES string of the molecule is Cc1coc(SC2CCCC2)n1. The first-order valence-electron chi connectivity index (χ1n) is 4.43. The number of hydrogen-bond donors (Lipinski definition) is 0. The molecule has 0 aromatic carbocycles. The van der Waals surface area contributed by atoms with Crippen LogP contribution in [0.4, 0.5) is 0 Å². The lowest BCUT2D eigenvalue weighted by molar-refractivity contribution is 0.453. The van der Waals surface area contributed by atoms with E-state index in [1.165, 1.54) is 25.7 Å². The van der Waals surface area contributed by atoms with Gasteiger partial charge in [-0.25, -0.2) is 4.98 Å². The summed E-state index contributed by atoms with van der Waals surface area (Å²) in [5, 5.41) is 1.60. The van der Waals surface area contributed by atoms with Gasteiger partial charge in [0.05, 0.1) is 5.69 Å². The summed E-state index contributed by atoms with van der Waals surface area (Å²) < 4.78 is 5.28. The van der Waals surface area contributed by atoms with E-state index in [2.05, 4.69) is 4.98 Å². The second kappa shape index (κ2) is 3.52. The van der Waals surface area contributed by atoms with Gasteiger partial charge in [-0.15, -0.1) is 0 Å². The lowest BCUT2D eigenvalue weighted by Gasteiger charge is -2.02. The van der Waals surface area contributed by atoms with Gasteiger partial charge >= 0.3 is 0 Å². The Hall–Kier alpha value is -0.440. The molecule has 12 heavy (non-hydrogen) atoms. The van der Waals surface area contributed by atoms with Crippen LogP contribution < -0.4 is 0 Å². The highest BCUT2D eigenvalue weighted by molar-refractivity contribution is 7.99. The van der Waals surface area contributed by atoms with Gasteiger partial charge in [0.25, 0.3) is 5.22 Å². The van der Waals surface area contributed by atoms with Crippen LogP contribution in [0.15, 0.2) is 15.9 Å². The number of aryl methyl sites for hydroxylation is 1. The summed E-state index contributed by atoms with van der Waals surface area (Å²) in [5.74, 6) is 0. The lowest BCUT2D eigenvalue weighted by atomic mass is 10.4. The Labute approximate surface area is 76.8 Å². The highest BCUT2D eigenvalue weighted by atomic mass is 32.2. The molecule has 0 spiro atoms. The van der Waals surface area contributed by atoms with E-state index in [0.29, 0.717) is 0 Å². The Morgan fingerprint density at radius 3 is 2.83 bits per heavy atom. The summed E-state index contributed by atoms with van der Waals surface area (Å²) in [6.07, 6.45) is 7.12. The minimum absolute atomic E-state index is 0.753. The van der Waals surface area contributed by atoms with Gasteiger partial charge in [-0.3, -0.25) is 0 Å². The molecule has 1 aromatic heterocycles. The van der Waals surface area contributed by atoms with Crippen molar-refractivity contribution in [3.8, 4) is 0 Å². The first-order valence-corrected chi connectivity index (χ1v) is 5.31. The molecule has 1 heterocycles. The Balaban J connectivity index is 1.94. The van der Waals surface area contributed by atoms with E-state index in [-0.39, 0.29) is 0 Å². The quantitative estimate of drug-likeness (QED) is 0.705. The van der Waals surface area contributed by atoms with Gasteiger partial charge < -0.3 is 4.42 Å². The second-order valence-electron chi connectivity index (χ2n) is 3.28. The molecule has 1 aliphatic rings. The normalized spacial score (nSPS) is 18.8. The molecule has 0 saturated heterocycles. The molecule has 1 aromatic rings. The maximum atomic E-state index is 5.28. The number of thioether (sulfide) groups is 1. The monoisotopic (exact) mass is 183 g/mol. The van der Waals surface area contributed by atoms with Crippen LogP contribution >= 0.6 is 11.8 Å². The van der Waals surface area contributed by atoms with Gasteiger partial charge in [-0.05, 0) is 19.8 Å². The van der Waals surface area contributed by atoms with Crippen molar-refractivity contribution in [1.29, 1.82) is 0 Å². The smallest absolute Gasteiger partial charge is 0.256 e. The molecule has 2 nitrogen and oxygen atoms in total. The molecule has 1 saturated carbocycles. The summed E-state index contributed by atoms with van der Waals surface area (Å²) in [4.78, 5) is 4.27. The number of hydrogen-bond acceptors (Lipinski definition) is 3.